The quantitative estimate of drug-likeness (QED) is 0.167. The number of furan rings is 2. The van der Waals surface area contributed by atoms with Gasteiger partial charge in [-0.05, 0) is 83.9 Å². The van der Waals surface area contributed by atoms with Gasteiger partial charge in [0.15, 0.2) is 5.82 Å². The second-order valence-corrected chi connectivity index (χ2v) is 19.1. The first-order valence-corrected chi connectivity index (χ1v) is 24.4. The van der Waals surface area contributed by atoms with E-state index < -0.39 is 0 Å². The average molecular weight is 912 g/mol. The summed E-state index contributed by atoms with van der Waals surface area (Å²) in [5.74, 6) is 0.645. The molecule has 15 aromatic rings. The topological polar surface area (TPSA) is 57.0 Å². The molecule has 5 nitrogen and oxygen atoms in total. The zero-order chi connectivity index (χ0) is 45.9. The van der Waals surface area contributed by atoms with Crippen molar-refractivity contribution in [3.05, 3.63) is 224 Å². The maximum atomic E-state index is 6.86. The Balaban J connectivity index is 0.858. The lowest BCUT2D eigenvalue weighted by atomic mass is 9.97. The molecule has 0 radical (unpaired) electrons. The molecule has 5 aromatic heterocycles. The van der Waals surface area contributed by atoms with Gasteiger partial charge in [0.2, 0.25) is 0 Å². The molecule has 0 amide bonds. The molecule has 0 bridgehead atoms. The summed E-state index contributed by atoms with van der Waals surface area (Å²) in [6, 6.07) is 79.5. The number of aromatic nitrogens is 3. The van der Waals surface area contributed by atoms with Crippen molar-refractivity contribution in [3.63, 3.8) is 0 Å². The van der Waals surface area contributed by atoms with E-state index in [1.807, 2.05) is 35.6 Å². The number of thiophene rings is 1. The number of nitrogens with zero attached hydrogens (tertiary/aromatic N) is 3. The summed E-state index contributed by atoms with van der Waals surface area (Å²) in [5, 5.41) is 9.18. The fourth-order valence-corrected chi connectivity index (χ4v) is 12.1. The van der Waals surface area contributed by atoms with Gasteiger partial charge in [-0.15, -0.1) is 11.3 Å². The predicted molar refractivity (Wildman–Crippen MR) is 291 cm³/mol. The number of fused-ring (bicyclic) bond motifs is 12. The summed E-state index contributed by atoms with van der Waals surface area (Å²) < 4.78 is 17.9. The van der Waals surface area contributed by atoms with E-state index in [9.17, 15) is 0 Å². The third-order valence-corrected chi connectivity index (χ3v) is 15.2. The maximum Gasteiger partial charge on any atom is 0.160 e. The number of para-hydroxylation sites is 4. The molecule has 0 aliphatic heterocycles. The fraction of sp³-hybridized carbons (Fsp3) is 0. The minimum atomic E-state index is 0.645. The Labute approximate surface area is 404 Å². The largest absolute Gasteiger partial charge is 0.456 e. The van der Waals surface area contributed by atoms with Crippen LogP contribution in [0.4, 0.5) is 0 Å². The van der Waals surface area contributed by atoms with Gasteiger partial charge in [0.1, 0.15) is 22.3 Å². The van der Waals surface area contributed by atoms with Gasteiger partial charge in [-0.2, -0.15) is 0 Å². The predicted octanol–water partition coefficient (Wildman–Crippen LogP) is 18.1. The van der Waals surface area contributed by atoms with Crippen LogP contribution in [0.2, 0.25) is 0 Å². The van der Waals surface area contributed by atoms with Gasteiger partial charge >= 0.3 is 0 Å². The first kappa shape index (κ1) is 38.9. The van der Waals surface area contributed by atoms with Gasteiger partial charge in [0.25, 0.3) is 0 Å². The van der Waals surface area contributed by atoms with Crippen LogP contribution < -0.4 is 0 Å². The molecule has 0 atom stereocenters. The summed E-state index contributed by atoms with van der Waals surface area (Å²) in [6.07, 6.45) is 0. The van der Waals surface area contributed by atoms with Crippen molar-refractivity contribution in [2.45, 2.75) is 0 Å². The summed E-state index contributed by atoms with van der Waals surface area (Å²) in [7, 11) is 0. The van der Waals surface area contributed by atoms with Gasteiger partial charge < -0.3 is 13.4 Å². The van der Waals surface area contributed by atoms with Crippen LogP contribution in [0.25, 0.3) is 148 Å². The van der Waals surface area contributed by atoms with Crippen LogP contribution in [0.5, 0.6) is 0 Å². The molecule has 0 aliphatic carbocycles. The van der Waals surface area contributed by atoms with Crippen LogP contribution in [0.3, 0.4) is 0 Å². The second kappa shape index (κ2) is 15.2. The second-order valence-electron chi connectivity index (χ2n) is 18.0. The van der Waals surface area contributed by atoms with E-state index in [1.165, 1.54) is 47.5 Å². The molecular weight excluding hydrogens is 875 g/mol. The lowest BCUT2D eigenvalue weighted by molar-refractivity contribution is 0.669. The highest BCUT2D eigenvalue weighted by Crippen LogP contribution is 2.47. The number of hydrogen-bond acceptors (Lipinski definition) is 5. The minimum Gasteiger partial charge on any atom is -0.456 e. The molecule has 0 spiro atoms. The molecule has 6 heteroatoms. The van der Waals surface area contributed by atoms with Crippen molar-refractivity contribution in [2.75, 3.05) is 0 Å². The Bertz CT molecular complexity index is 4600. The molecular formula is C64H37N3O2S. The Kier molecular flexibility index (Phi) is 8.46. The van der Waals surface area contributed by atoms with Crippen molar-refractivity contribution < 1.29 is 8.83 Å². The Morgan fingerprint density at radius 1 is 0.357 bits per heavy atom. The van der Waals surface area contributed by atoms with E-state index >= 15 is 0 Å². The van der Waals surface area contributed by atoms with Crippen LogP contribution >= 0.6 is 11.3 Å². The normalized spacial score (nSPS) is 12.0. The third-order valence-electron chi connectivity index (χ3n) is 14.0. The fourth-order valence-electron chi connectivity index (χ4n) is 10.8. The highest BCUT2D eigenvalue weighted by Gasteiger charge is 2.21. The Morgan fingerprint density at radius 3 is 1.89 bits per heavy atom. The van der Waals surface area contributed by atoms with Crippen LogP contribution in [0.1, 0.15) is 0 Å². The zero-order valence-corrected chi connectivity index (χ0v) is 38.2. The van der Waals surface area contributed by atoms with E-state index in [2.05, 4.69) is 205 Å². The van der Waals surface area contributed by atoms with Crippen LogP contribution in [0.15, 0.2) is 233 Å². The number of rotatable bonds is 6. The first-order valence-electron chi connectivity index (χ1n) is 23.5. The van der Waals surface area contributed by atoms with E-state index in [-0.39, 0.29) is 0 Å². The highest BCUT2D eigenvalue weighted by molar-refractivity contribution is 7.26. The highest BCUT2D eigenvalue weighted by atomic mass is 32.1. The van der Waals surface area contributed by atoms with Crippen molar-refractivity contribution >= 4 is 97.2 Å². The van der Waals surface area contributed by atoms with Crippen molar-refractivity contribution in [2.24, 2.45) is 0 Å². The maximum absolute atomic E-state index is 6.86. The first-order chi connectivity index (χ1) is 34.7. The summed E-state index contributed by atoms with van der Waals surface area (Å²) in [4.78, 5) is 10.5. The molecule has 0 saturated carbocycles. The van der Waals surface area contributed by atoms with E-state index in [1.54, 1.807) is 0 Å². The molecule has 326 valence electrons. The lowest BCUT2D eigenvalue weighted by Crippen LogP contribution is -1.96. The minimum absolute atomic E-state index is 0.645. The zero-order valence-electron chi connectivity index (χ0n) is 37.4. The standard InChI is InChI=1S/C64H37N3O2S/c1-3-14-38(15-4-1)53-37-54(66-64(65-53)41-28-31-45-44-19-8-10-26-57(44)68-59(45)36-41)49-23-13-27-60-61(49)50-24-12-22-48(63(50)70-60)46-20-11-21-47-52-35-40(30-33-58(52)69-62(46)47)39-29-32-56-51(34-39)43-18-7-9-25-55(43)67(56)42-16-5-2-6-17-42/h1-37H. The van der Waals surface area contributed by atoms with E-state index in [4.69, 9.17) is 18.8 Å². The molecule has 70 heavy (non-hydrogen) atoms. The lowest BCUT2D eigenvalue weighted by Gasteiger charge is -2.11. The van der Waals surface area contributed by atoms with Gasteiger partial charge in [0.05, 0.1) is 22.4 Å². The molecule has 5 heterocycles. The van der Waals surface area contributed by atoms with Gasteiger partial charge in [-0.3, -0.25) is 0 Å². The summed E-state index contributed by atoms with van der Waals surface area (Å²) >= 11 is 1.81. The van der Waals surface area contributed by atoms with Crippen LogP contribution in [-0.4, -0.2) is 14.5 Å². The summed E-state index contributed by atoms with van der Waals surface area (Å²) in [5.41, 5.74) is 16.2. The molecule has 0 N–H and O–H groups in total. The van der Waals surface area contributed by atoms with E-state index in [0.717, 1.165) is 94.3 Å². The monoisotopic (exact) mass is 911 g/mol. The summed E-state index contributed by atoms with van der Waals surface area (Å²) in [6.45, 7) is 0. The number of hydrogen-bond donors (Lipinski definition) is 0. The average Bonchev–Trinajstić information content (AvgIpc) is 4.20. The van der Waals surface area contributed by atoms with Gasteiger partial charge in [-0.1, -0.05) is 152 Å². The Morgan fingerprint density at radius 2 is 1.00 bits per heavy atom. The van der Waals surface area contributed by atoms with Crippen molar-refractivity contribution in [1.29, 1.82) is 0 Å². The number of benzene rings is 10. The van der Waals surface area contributed by atoms with Crippen molar-refractivity contribution in [1.82, 2.24) is 14.5 Å². The molecule has 10 aromatic carbocycles. The van der Waals surface area contributed by atoms with Gasteiger partial charge in [-0.25, -0.2) is 9.97 Å². The third kappa shape index (κ3) is 5.97. The molecule has 0 saturated heterocycles. The van der Waals surface area contributed by atoms with Crippen molar-refractivity contribution in [3.8, 4) is 61.8 Å². The molecule has 0 fully saturated rings. The van der Waals surface area contributed by atoms with Gasteiger partial charge in [0, 0.05) is 86.0 Å². The van der Waals surface area contributed by atoms with Crippen LogP contribution in [-0.2, 0) is 0 Å². The van der Waals surface area contributed by atoms with E-state index in [0.29, 0.717) is 5.82 Å². The molecule has 15 rings (SSSR count). The smallest absolute Gasteiger partial charge is 0.160 e. The van der Waals surface area contributed by atoms with Crippen LogP contribution in [0, 0.1) is 0 Å². The molecule has 0 unspecified atom stereocenters. The Hall–Kier alpha value is -9.10. The SMILES string of the molecule is c1ccc(-c2cc(-c3cccc4sc5c(-c6cccc7c6oc6ccc(-c8ccc9c(c8)c8ccccc8n9-c8ccccc8)cc67)cccc5c34)nc(-c3ccc4c(c3)oc3ccccc34)n2)cc1. The molecule has 0 aliphatic rings.